The lowest BCUT2D eigenvalue weighted by atomic mass is 9.99. The average molecular weight is 321 g/mol. The highest BCUT2D eigenvalue weighted by molar-refractivity contribution is 7.18. The lowest BCUT2D eigenvalue weighted by Gasteiger charge is -2.14. The third-order valence-corrected chi connectivity index (χ3v) is 5.08. The summed E-state index contributed by atoms with van der Waals surface area (Å²) in [4.78, 5) is 21.2. The minimum atomic E-state index is -0.263. The molecule has 0 fully saturated rings. The van der Waals surface area contributed by atoms with Crippen LogP contribution in [0.3, 0.4) is 0 Å². The first-order valence-corrected chi connectivity index (χ1v) is 8.19. The largest absolute Gasteiger partial charge is 0.341 e. The molecule has 1 aromatic carbocycles. The molecule has 0 aliphatic carbocycles. The smallest absolute Gasteiger partial charge is 0.332 e. The first-order valence-electron chi connectivity index (χ1n) is 7.37. The molecular formula is C16H23N3O2S. The van der Waals surface area contributed by atoms with Crippen molar-refractivity contribution >= 4 is 27.6 Å². The monoisotopic (exact) mass is 321 g/mol. The van der Waals surface area contributed by atoms with Crippen LogP contribution in [0.1, 0.15) is 37.3 Å². The Hall–Kier alpha value is -1.66. The highest BCUT2D eigenvalue weighted by atomic mass is 32.1. The van der Waals surface area contributed by atoms with E-state index in [0.29, 0.717) is 18.4 Å². The number of benzene rings is 1. The topological polar surface area (TPSA) is 54.5 Å². The van der Waals surface area contributed by atoms with Crippen LogP contribution in [-0.2, 0) is 11.4 Å². The van der Waals surface area contributed by atoms with Gasteiger partial charge in [-0.2, -0.15) is 0 Å². The molecule has 6 heteroatoms. The van der Waals surface area contributed by atoms with E-state index in [4.69, 9.17) is 9.82 Å². The molecule has 0 aliphatic rings. The second kappa shape index (κ2) is 7.07. The molecule has 1 unspecified atom stereocenters. The van der Waals surface area contributed by atoms with Crippen LogP contribution in [0.2, 0.25) is 0 Å². The summed E-state index contributed by atoms with van der Waals surface area (Å²) in [5, 5.41) is 5.14. The zero-order valence-electron chi connectivity index (χ0n) is 13.7. The van der Waals surface area contributed by atoms with Crippen LogP contribution in [0.15, 0.2) is 18.2 Å². The minimum Gasteiger partial charge on any atom is -0.332 e. The Morgan fingerprint density at radius 1 is 1.41 bits per heavy atom. The third-order valence-electron chi connectivity index (χ3n) is 3.86. The fraction of sp³-hybridized carbons (Fsp3) is 0.500. The number of hydrogen-bond donors (Lipinski definition) is 1. The summed E-state index contributed by atoms with van der Waals surface area (Å²) in [5.41, 5.74) is 2.08. The van der Waals surface area contributed by atoms with E-state index >= 15 is 0 Å². The lowest BCUT2D eigenvalue weighted by molar-refractivity contribution is -0.0648. The van der Waals surface area contributed by atoms with Crippen molar-refractivity contribution in [3.8, 4) is 0 Å². The highest BCUT2D eigenvalue weighted by Crippen LogP contribution is 2.31. The number of nitrogens with zero attached hydrogens (tertiary/aromatic N) is 2. The quantitative estimate of drug-likeness (QED) is 0.853. The zero-order chi connectivity index (χ0) is 16.3. The van der Waals surface area contributed by atoms with Crippen LogP contribution in [0, 0.1) is 5.92 Å². The predicted octanol–water partition coefficient (Wildman–Crippen LogP) is 3.76. The summed E-state index contributed by atoms with van der Waals surface area (Å²) >= 11 is 1.73. The van der Waals surface area contributed by atoms with Crippen molar-refractivity contribution in [3.63, 3.8) is 0 Å². The number of rotatable bonds is 5. The summed E-state index contributed by atoms with van der Waals surface area (Å²) in [7, 11) is 3.03. The summed E-state index contributed by atoms with van der Waals surface area (Å²) in [6.07, 6.45) is 0. The van der Waals surface area contributed by atoms with Crippen molar-refractivity contribution in [2.75, 3.05) is 14.2 Å². The van der Waals surface area contributed by atoms with E-state index in [0.717, 1.165) is 20.8 Å². The molecule has 0 aliphatic heterocycles. The molecule has 0 spiro atoms. The Labute approximate surface area is 135 Å². The molecule has 1 heterocycles. The van der Waals surface area contributed by atoms with Crippen LogP contribution in [0.25, 0.3) is 10.2 Å². The summed E-state index contributed by atoms with van der Waals surface area (Å²) in [6.45, 7) is 7.10. The Balaban J connectivity index is 2.12. The molecule has 5 nitrogen and oxygen atoms in total. The van der Waals surface area contributed by atoms with E-state index in [1.807, 2.05) is 12.1 Å². The maximum atomic E-state index is 11.7. The Morgan fingerprint density at radius 2 is 2.14 bits per heavy atom. The van der Waals surface area contributed by atoms with Crippen molar-refractivity contribution in [3.05, 3.63) is 28.8 Å². The third kappa shape index (κ3) is 3.75. The van der Waals surface area contributed by atoms with Gasteiger partial charge >= 0.3 is 6.03 Å². The van der Waals surface area contributed by atoms with Gasteiger partial charge in [-0.15, -0.1) is 11.3 Å². The number of thiazole rings is 1. The summed E-state index contributed by atoms with van der Waals surface area (Å²) in [6, 6.07) is 5.85. The Bertz CT molecular complexity index is 654. The maximum Gasteiger partial charge on any atom is 0.341 e. The van der Waals surface area contributed by atoms with E-state index in [9.17, 15) is 4.79 Å². The van der Waals surface area contributed by atoms with E-state index in [1.165, 1.54) is 12.1 Å². The minimum absolute atomic E-state index is 0.263. The van der Waals surface area contributed by atoms with Crippen LogP contribution in [0.4, 0.5) is 4.79 Å². The Kier molecular flexibility index (Phi) is 5.37. The van der Waals surface area contributed by atoms with Crippen molar-refractivity contribution in [1.82, 2.24) is 15.4 Å². The van der Waals surface area contributed by atoms with Gasteiger partial charge in [0.2, 0.25) is 0 Å². The van der Waals surface area contributed by atoms with Crippen molar-refractivity contribution in [2.45, 2.75) is 33.2 Å². The number of fused-ring (bicyclic) bond motifs is 1. The van der Waals surface area contributed by atoms with Gasteiger partial charge in [-0.25, -0.2) is 14.8 Å². The van der Waals surface area contributed by atoms with Crippen molar-refractivity contribution in [2.24, 2.45) is 5.92 Å². The van der Waals surface area contributed by atoms with Gasteiger partial charge < -0.3 is 5.32 Å². The second-order valence-corrected chi connectivity index (χ2v) is 6.79. The second-order valence-electron chi connectivity index (χ2n) is 5.73. The lowest BCUT2D eigenvalue weighted by Crippen LogP contribution is -2.35. The molecule has 1 N–H and O–H groups in total. The first kappa shape index (κ1) is 16.7. The predicted molar refractivity (Wildman–Crippen MR) is 89.9 cm³/mol. The number of nitrogens with one attached hydrogen (secondary N) is 1. The summed E-state index contributed by atoms with van der Waals surface area (Å²) in [5.74, 6) is 1.03. The number of aromatic nitrogens is 1. The van der Waals surface area contributed by atoms with E-state index in [2.05, 4.69) is 32.2 Å². The molecule has 0 bridgehead atoms. The van der Waals surface area contributed by atoms with E-state index < -0.39 is 0 Å². The SMILES string of the molecule is CON(C)C(=O)NCc1ccc2nc(C(C)C(C)C)sc2c1. The van der Waals surface area contributed by atoms with Crippen LogP contribution < -0.4 is 5.32 Å². The first-order chi connectivity index (χ1) is 10.4. The molecule has 2 amide bonds. The van der Waals surface area contributed by atoms with Gasteiger partial charge in [0.15, 0.2) is 0 Å². The normalized spacial score (nSPS) is 12.6. The molecule has 0 radical (unpaired) electrons. The zero-order valence-corrected chi connectivity index (χ0v) is 14.5. The van der Waals surface area contributed by atoms with E-state index in [-0.39, 0.29) is 6.03 Å². The number of urea groups is 1. The van der Waals surface area contributed by atoms with Crippen LogP contribution in [-0.4, -0.2) is 30.2 Å². The van der Waals surface area contributed by atoms with Crippen LogP contribution >= 0.6 is 11.3 Å². The van der Waals surface area contributed by atoms with Gasteiger partial charge in [0.05, 0.1) is 22.3 Å². The number of carbonyl (C=O) groups excluding carboxylic acids is 1. The molecule has 2 rings (SSSR count). The highest BCUT2D eigenvalue weighted by Gasteiger charge is 2.15. The van der Waals surface area contributed by atoms with Gasteiger partial charge in [0.25, 0.3) is 0 Å². The standard InChI is InChI=1S/C16H23N3O2S/c1-10(2)11(3)15-18-13-7-6-12(8-14(13)22-15)9-17-16(20)19(4)21-5/h6-8,10-11H,9H2,1-5H3,(H,17,20). The van der Waals surface area contributed by atoms with Crippen LogP contribution in [0.5, 0.6) is 0 Å². The van der Waals surface area contributed by atoms with Gasteiger partial charge in [-0.1, -0.05) is 26.8 Å². The average Bonchev–Trinajstić information content (AvgIpc) is 2.93. The van der Waals surface area contributed by atoms with Crippen molar-refractivity contribution in [1.29, 1.82) is 0 Å². The number of carbonyl (C=O) groups is 1. The molecule has 120 valence electrons. The molecule has 1 aromatic heterocycles. The molecule has 22 heavy (non-hydrogen) atoms. The van der Waals surface area contributed by atoms with Crippen molar-refractivity contribution < 1.29 is 9.63 Å². The molecule has 1 atom stereocenters. The van der Waals surface area contributed by atoms with Gasteiger partial charge in [0, 0.05) is 19.5 Å². The van der Waals surface area contributed by atoms with Gasteiger partial charge in [0.1, 0.15) is 0 Å². The number of hydrogen-bond acceptors (Lipinski definition) is 4. The fourth-order valence-corrected chi connectivity index (χ4v) is 3.20. The fourth-order valence-electron chi connectivity index (χ4n) is 1.95. The number of hydroxylamine groups is 2. The maximum absolute atomic E-state index is 11.7. The Morgan fingerprint density at radius 3 is 2.77 bits per heavy atom. The van der Waals surface area contributed by atoms with Gasteiger partial charge in [-0.05, 0) is 23.6 Å². The van der Waals surface area contributed by atoms with Gasteiger partial charge in [-0.3, -0.25) is 4.84 Å². The molecule has 2 aromatic rings. The molecule has 0 saturated carbocycles. The van der Waals surface area contributed by atoms with E-state index in [1.54, 1.807) is 18.4 Å². The molecular weight excluding hydrogens is 298 g/mol. The molecule has 0 saturated heterocycles. The number of amides is 2. The summed E-state index contributed by atoms with van der Waals surface area (Å²) < 4.78 is 1.16.